The fourth-order valence-corrected chi connectivity index (χ4v) is 1.20. The lowest BCUT2D eigenvalue weighted by molar-refractivity contribution is -0.117. The lowest BCUT2D eigenvalue weighted by Crippen LogP contribution is -2.37. The van der Waals surface area contributed by atoms with Crippen molar-refractivity contribution in [3.8, 4) is 0 Å². The van der Waals surface area contributed by atoms with Crippen LogP contribution in [0.15, 0.2) is 0 Å². The van der Waals surface area contributed by atoms with Crippen LogP contribution in [0.25, 0.3) is 0 Å². The minimum atomic E-state index is -2.68. The molecule has 0 aliphatic carbocycles. The Bertz CT molecular complexity index is 113. The molecular formula is C7H12F2O2. The van der Waals surface area contributed by atoms with E-state index in [-0.39, 0.29) is 0 Å². The largest absolute Gasteiger partial charge is 0.384 e. The summed E-state index contributed by atoms with van der Waals surface area (Å²) in [5.41, 5.74) is 0. The van der Waals surface area contributed by atoms with Crippen LogP contribution in [-0.4, -0.2) is 30.3 Å². The summed E-state index contributed by atoms with van der Waals surface area (Å²) in [6.45, 7) is 0.494. The average Bonchev–Trinajstić information content (AvgIpc) is 2.05. The molecule has 0 saturated carbocycles. The SMILES string of the molecule is OC(C(F)F)C1CCCCO1. The highest BCUT2D eigenvalue weighted by molar-refractivity contribution is 4.73. The molecule has 0 spiro atoms. The van der Waals surface area contributed by atoms with Gasteiger partial charge in [0, 0.05) is 6.61 Å². The number of halogens is 2. The molecule has 66 valence electrons. The average molecular weight is 166 g/mol. The van der Waals surface area contributed by atoms with Crippen LogP contribution in [0, 0.1) is 0 Å². The molecular weight excluding hydrogens is 154 g/mol. The minimum Gasteiger partial charge on any atom is -0.384 e. The third-order valence-corrected chi connectivity index (χ3v) is 1.85. The van der Waals surface area contributed by atoms with Crippen molar-refractivity contribution in [2.45, 2.75) is 37.9 Å². The lowest BCUT2D eigenvalue weighted by Gasteiger charge is -2.26. The summed E-state index contributed by atoms with van der Waals surface area (Å²) < 4.78 is 28.7. The van der Waals surface area contributed by atoms with Gasteiger partial charge < -0.3 is 9.84 Å². The van der Waals surface area contributed by atoms with Crippen molar-refractivity contribution in [1.29, 1.82) is 0 Å². The van der Waals surface area contributed by atoms with Gasteiger partial charge in [-0.05, 0) is 19.3 Å². The van der Waals surface area contributed by atoms with E-state index >= 15 is 0 Å². The van der Waals surface area contributed by atoms with E-state index in [0.29, 0.717) is 13.0 Å². The Morgan fingerprint density at radius 1 is 1.36 bits per heavy atom. The van der Waals surface area contributed by atoms with E-state index in [1.807, 2.05) is 0 Å². The molecule has 0 bridgehead atoms. The first-order valence-electron chi connectivity index (χ1n) is 3.79. The maximum absolute atomic E-state index is 11.9. The molecule has 11 heavy (non-hydrogen) atoms. The van der Waals surface area contributed by atoms with Crippen molar-refractivity contribution in [2.24, 2.45) is 0 Å². The number of hydrogen-bond acceptors (Lipinski definition) is 2. The summed E-state index contributed by atoms with van der Waals surface area (Å²) in [5, 5.41) is 8.88. The highest BCUT2D eigenvalue weighted by Gasteiger charge is 2.29. The van der Waals surface area contributed by atoms with E-state index in [4.69, 9.17) is 9.84 Å². The van der Waals surface area contributed by atoms with Crippen LogP contribution in [0.3, 0.4) is 0 Å². The zero-order valence-corrected chi connectivity index (χ0v) is 6.17. The molecule has 0 aromatic rings. The van der Waals surface area contributed by atoms with Crippen molar-refractivity contribution in [3.05, 3.63) is 0 Å². The summed E-state index contributed by atoms with van der Waals surface area (Å²) in [5.74, 6) is 0. The van der Waals surface area contributed by atoms with E-state index in [0.717, 1.165) is 12.8 Å². The molecule has 1 fully saturated rings. The van der Waals surface area contributed by atoms with Gasteiger partial charge in [0.1, 0.15) is 6.10 Å². The third kappa shape index (κ3) is 2.38. The zero-order valence-electron chi connectivity index (χ0n) is 6.17. The van der Waals surface area contributed by atoms with Gasteiger partial charge in [0.15, 0.2) is 0 Å². The molecule has 4 heteroatoms. The van der Waals surface area contributed by atoms with Crippen molar-refractivity contribution in [2.75, 3.05) is 6.61 Å². The Balaban J connectivity index is 2.32. The van der Waals surface area contributed by atoms with Gasteiger partial charge in [0.2, 0.25) is 0 Å². The number of rotatable bonds is 2. The first kappa shape index (κ1) is 8.87. The Kier molecular flexibility index (Phi) is 3.20. The Morgan fingerprint density at radius 3 is 2.55 bits per heavy atom. The molecule has 0 radical (unpaired) electrons. The van der Waals surface area contributed by atoms with Crippen LogP contribution in [-0.2, 0) is 4.74 Å². The van der Waals surface area contributed by atoms with Crippen LogP contribution in [0.2, 0.25) is 0 Å². The maximum Gasteiger partial charge on any atom is 0.266 e. The molecule has 1 aliphatic rings. The Hall–Kier alpha value is -0.220. The van der Waals surface area contributed by atoms with Gasteiger partial charge >= 0.3 is 0 Å². The summed E-state index contributed by atoms with van der Waals surface area (Å²) in [7, 11) is 0. The molecule has 1 rings (SSSR count). The second kappa shape index (κ2) is 3.97. The van der Waals surface area contributed by atoms with Gasteiger partial charge in [0.05, 0.1) is 6.10 Å². The molecule has 0 amide bonds. The predicted molar refractivity (Wildman–Crippen MR) is 35.6 cm³/mol. The standard InChI is InChI=1S/C7H12F2O2/c8-7(9)6(10)5-3-1-2-4-11-5/h5-7,10H,1-4H2. The summed E-state index contributed by atoms with van der Waals surface area (Å²) in [6, 6.07) is 0. The molecule has 2 nitrogen and oxygen atoms in total. The minimum absolute atomic E-state index is 0.494. The summed E-state index contributed by atoms with van der Waals surface area (Å²) in [6.07, 6.45) is -2.61. The van der Waals surface area contributed by atoms with Crippen LogP contribution in [0.1, 0.15) is 19.3 Å². The van der Waals surface area contributed by atoms with E-state index < -0.39 is 18.6 Å². The van der Waals surface area contributed by atoms with Gasteiger partial charge in [0.25, 0.3) is 6.43 Å². The molecule has 1 saturated heterocycles. The fourth-order valence-electron chi connectivity index (χ4n) is 1.20. The summed E-state index contributed by atoms with van der Waals surface area (Å²) >= 11 is 0. The molecule has 1 N–H and O–H groups in total. The number of ether oxygens (including phenoxy) is 1. The Morgan fingerprint density at radius 2 is 2.09 bits per heavy atom. The number of hydrogen-bond donors (Lipinski definition) is 1. The van der Waals surface area contributed by atoms with Crippen LogP contribution in [0.4, 0.5) is 8.78 Å². The zero-order chi connectivity index (χ0) is 8.27. The predicted octanol–water partition coefficient (Wildman–Crippen LogP) is 1.18. The smallest absolute Gasteiger partial charge is 0.266 e. The lowest BCUT2D eigenvalue weighted by atomic mass is 10.0. The molecule has 2 unspecified atom stereocenters. The van der Waals surface area contributed by atoms with E-state index in [1.165, 1.54) is 0 Å². The van der Waals surface area contributed by atoms with E-state index in [9.17, 15) is 8.78 Å². The van der Waals surface area contributed by atoms with Crippen molar-refractivity contribution >= 4 is 0 Å². The summed E-state index contributed by atoms with van der Waals surface area (Å²) in [4.78, 5) is 0. The van der Waals surface area contributed by atoms with Crippen LogP contribution >= 0.6 is 0 Å². The Labute approximate surface area is 64.2 Å². The number of aliphatic hydroxyl groups is 1. The molecule has 0 aromatic heterocycles. The van der Waals surface area contributed by atoms with Gasteiger partial charge in [-0.25, -0.2) is 8.78 Å². The molecule has 2 atom stereocenters. The molecule has 0 aromatic carbocycles. The quantitative estimate of drug-likeness (QED) is 0.667. The number of aliphatic hydroxyl groups excluding tert-OH is 1. The highest BCUT2D eigenvalue weighted by atomic mass is 19.3. The first-order chi connectivity index (χ1) is 5.22. The van der Waals surface area contributed by atoms with Crippen molar-refractivity contribution in [3.63, 3.8) is 0 Å². The van der Waals surface area contributed by atoms with Gasteiger partial charge in [-0.15, -0.1) is 0 Å². The second-order valence-corrected chi connectivity index (χ2v) is 2.73. The van der Waals surface area contributed by atoms with Crippen molar-refractivity contribution < 1.29 is 18.6 Å². The van der Waals surface area contributed by atoms with Crippen molar-refractivity contribution in [1.82, 2.24) is 0 Å². The van der Waals surface area contributed by atoms with Crippen LogP contribution in [0.5, 0.6) is 0 Å². The number of alkyl halides is 2. The fraction of sp³-hybridized carbons (Fsp3) is 1.00. The van der Waals surface area contributed by atoms with E-state index in [2.05, 4.69) is 0 Å². The normalized spacial score (nSPS) is 28.9. The van der Waals surface area contributed by atoms with Gasteiger partial charge in [-0.3, -0.25) is 0 Å². The highest BCUT2D eigenvalue weighted by Crippen LogP contribution is 2.19. The third-order valence-electron chi connectivity index (χ3n) is 1.85. The maximum atomic E-state index is 11.9. The molecule has 1 heterocycles. The van der Waals surface area contributed by atoms with Gasteiger partial charge in [-0.2, -0.15) is 0 Å². The van der Waals surface area contributed by atoms with Gasteiger partial charge in [-0.1, -0.05) is 0 Å². The first-order valence-corrected chi connectivity index (χ1v) is 3.79. The van der Waals surface area contributed by atoms with E-state index in [1.54, 1.807) is 0 Å². The second-order valence-electron chi connectivity index (χ2n) is 2.73. The molecule has 1 aliphatic heterocycles. The monoisotopic (exact) mass is 166 g/mol. The van der Waals surface area contributed by atoms with Crippen LogP contribution < -0.4 is 0 Å². The topological polar surface area (TPSA) is 29.5 Å².